The molecule has 1 fully saturated rings. The Morgan fingerprint density at radius 1 is 1.29 bits per heavy atom. The molecule has 0 aliphatic carbocycles. The molecular weight excluding hydrogens is 236 g/mol. The predicted molar refractivity (Wildman–Crippen MR) is 66.9 cm³/mol. The summed E-state index contributed by atoms with van der Waals surface area (Å²) in [5.41, 5.74) is 1.90. The van der Waals surface area contributed by atoms with Gasteiger partial charge >= 0.3 is 0 Å². The molecule has 1 aromatic carbocycles. The zero-order chi connectivity index (χ0) is 11.7. The summed E-state index contributed by atoms with van der Waals surface area (Å²) in [6.45, 7) is 1.04. The van der Waals surface area contributed by atoms with Gasteiger partial charge in [-0.15, -0.1) is 0 Å². The van der Waals surface area contributed by atoms with Crippen molar-refractivity contribution in [1.82, 2.24) is 10.3 Å². The van der Waals surface area contributed by atoms with E-state index < -0.39 is 0 Å². The first kappa shape index (κ1) is 10.8. The minimum Gasteiger partial charge on any atom is -0.447 e. The Kier molecular flexibility index (Phi) is 2.87. The van der Waals surface area contributed by atoms with E-state index in [2.05, 4.69) is 10.3 Å². The van der Waals surface area contributed by atoms with Crippen LogP contribution in [0.5, 0.6) is 0 Å². The first-order valence-electron chi connectivity index (χ1n) is 5.78. The highest BCUT2D eigenvalue weighted by Gasteiger charge is 2.21. The van der Waals surface area contributed by atoms with Gasteiger partial charge in [-0.3, -0.25) is 0 Å². The minimum atomic E-state index is 0.274. The van der Waals surface area contributed by atoms with Crippen LogP contribution in [0.4, 0.5) is 0 Å². The van der Waals surface area contributed by atoms with E-state index in [1.165, 1.54) is 6.42 Å². The fraction of sp³-hybridized carbons (Fsp3) is 0.308. The lowest BCUT2D eigenvalue weighted by Gasteiger charge is -2.02. The summed E-state index contributed by atoms with van der Waals surface area (Å²) < 4.78 is 5.53. The molecule has 0 amide bonds. The highest BCUT2D eigenvalue weighted by atomic mass is 35.5. The van der Waals surface area contributed by atoms with Gasteiger partial charge in [0.1, 0.15) is 12.0 Å². The number of halogens is 1. The molecule has 1 saturated heterocycles. The number of oxazole rings is 1. The van der Waals surface area contributed by atoms with Crippen molar-refractivity contribution >= 4 is 11.6 Å². The average Bonchev–Trinajstić information content (AvgIpc) is 3.00. The SMILES string of the molecule is Clc1ccc(-c2coc(C3CCCN3)n2)cc1. The molecule has 1 N–H and O–H groups in total. The molecule has 1 aromatic heterocycles. The second-order valence-electron chi connectivity index (χ2n) is 4.23. The number of hydrogen-bond acceptors (Lipinski definition) is 3. The number of aromatic nitrogens is 1. The molecule has 2 aromatic rings. The number of rotatable bonds is 2. The zero-order valence-corrected chi connectivity index (χ0v) is 10.1. The van der Waals surface area contributed by atoms with Crippen molar-refractivity contribution in [3.05, 3.63) is 41.4 Å². The second kappa shape index (κ2) is 4.51. The third-order valence-electron chi connectivity index (χ3n) is 3.02. The fourth-order valence-corrected chi connectivity index (χ4v) is 2.22. The molecule has 0 bridgehead atoms. The predicted octanol–water partition coefficient (Wildman–Crippen LogP) is 3.42. The topological polar surface area (TPSA) is 38.1 Å². The molecular formula is C13H13ClN2O. The summed E-state index contributed by atoms with van der Waals surface area (Å²) in [4.78, 5) is 4.52. The summed E-state index contributed by atoms with van der Waals surface area (Å²) in [6, 6.07) is 7.90. The molecule has 17 heavy (non-hydrogen) atoms. The van der Waals surface area contributed by atoms with Crippen molar-refractivity contribution in [3.8, 4) is 11.3 Å². The summed E-state index contributed by atoms with van der Waals surface area (Å²) in [5.74, 6) is 0.785. The normalized spacial score (nSPS) is 19.7. The van der Waals surface area contributed by atoms with Crippen LogP contribution in [0.3, 0.4) is 0 Å². The van der Waals surface area contributed by atoms with Crippen LogP contribution in [0.2, 0.25) is 5.02 Å². The maximum Gasteiger partial charge on any atom is 0.211 e. The fourth-order valence-electron chi connectivity index (χ4n) is 2.10. The number of nitrogens with zero attached hydrogens (tertiary/aromatic N) is 1. The highest BCUT2D eigenvalue weighted by Crippen LogP contribution is 2.26. The van der Waals surface area contributed by atoms with Gasteiger partial charge in [-0.2, -0.15) is 0 Å². The molecule has 3 rings (SSSR count). The third-order valence-corrected chi connectivity index (χ3v) is 3.27. The molecule has 1 unspecified atom stereocenters. The first-order valence-corrected chi connectivity index (χ1v) is 6.15. The van der Waals surface area contributed by atoms with Crippen LogP contribution in [-0.2, 0) is 0 Å². The molecule has 0 saturated carbocycles. The van der Waals surface area contributed by atoms with Gasteiger partial charge in [-0.05, 0) is 31.5 Å². The van der Waals surface area contributed by atoms with Gasteiger partial charge in [-0.1, -0.05) is 23.7 Å². The molecule has 4 heteroatoms. The van der Waals surface area contributed by atoms with Crippen molar-refractivity contribution in [2.75, 3.05) is 6.54 Å². The molecule has 1 atom stereocenters. The third kappa shape index (κ3) is 2.21. The van der Waals surface area contributed by atoms with Crippen molar-refractivity contribution in [2.24, 2.45) is 0 Å². The molecule has 1 aliphatic rings. The molecule has 0 spiro atoms. The van der Waals surface area contributed by atoms with Crippen LogP contribution in [-0.4, -0.2) is 11.5 Å². The van der Waals surface area contributed by atoms with E-state index in [0.29, 0.717) is 0 Å². The van der Waals surface area contributed by atoms with Gasteiger partial charge in [0.25, 0.3) is 0 Å². The minimum absolute atomic E-state index is 0.274. The molecule has 1 aliphatic heterocycles. The largest absolute Gasteiger partial charge is 0.447 e. The van der Waals surface area contributed by atoms with Gasteiger partial charge in [-0.25, -0.2) is 4.98 Å². The highest BCUT2D eigenvalue weighted by molar-refractivity contribution is 6.30. The Hall–Kier alpha value is -1.32. The van der Waals surface area contributed by atoms with Gasteiger partial charge in [0.2, 0.25) is 5.89 Å². The van der Waals surface area contributed by atoms with Crippen molar-refractivity contribution in [2.45, 2.75) is 18.9 Å². The van der Waals surface area contributed by atoms with Crippen LogP contribution in [0.25, 0.3) is 11.3 Å². The summed E-state index contributed by atoms with van der Waals surface area (Å²) >= 11 is 5.85. The van der Waals surface area contributed by atoms with E-state index in [-0.39, 0.29) is 6.04 Å². The van der Waals surface area contributed by atoms with Crippen molar-refractivity contribution < 1.29 is 4.42 Å². The van der Waals surface area contributed by atoms with E-state index in [4.69, 9.17) is 16.0 Å². The quantitative estimate of drug-likeness (QED) is 0.885. The lowest BCUT2D eigenvalue weighted by Crippen LogP contribution is -2.12. The summed E-state index contributed by atoms with van der Waals surface area (Å²) in [7, 11) is 0. The summed E-state index contributed by atoms with van der Waals surface area (Å²) in [6.07, 6.45) is 3.99. The van der Waals surface area contributed by atoms with Crippen LogP contribution in [0.15, 0.2) is 34.9 Å². The number of hydrogen-bond donors (Lipinski definition) is 1. The van der Waals surface area contributed by atoms with Gasteiger partial charge in [0.15, 0.2) is 0 Å². The summed E-state index contributed by atoms with van der Waals surface area (Å²) in [5, 5.41) is 4.10. The van der Waals surface area contributed by atoms with Gasteiger partial charge in [0.05, 0.1) is 6.04 Å². The average molecular weight is 249 g/mol. The van der Waals surface area contributed by atoms with Gasteiger partial charge < -0.3 is 9.73 Å². The maximum absolute atomic E-state index is 5.85. The van der Waals surface area contributed by atoms with Gasteiger partial charge in [0, 0.05) is 10.6 Å². The Labute approximate surface area is 105 Å². The standard InChI is InChI=1S/C13H13ClN2O/c14-10-5-3-9(4-6-10)12-8-17-13(16-12)11-2-1-7-15-11/h3-6,8,11,15H,1-2,7H2. The van der Waals surface area contributed by atoms with Crippen LogP contribution in [0.1, 0.15) is 24.8 Å². The Morgan fingerprint density at radius 2 is 2.12 bits per heavy atom. The lowest BCUT2D eigenvalue weighted by atomic mass is 10.2. The number of nitrogens with one attached hydrogen (secondary N) is 1. The van der Waals surface area contributed by atoms with Crippen molar-refractivity contribution in [1.29, 1.82) is 0 Å². The van der Waals surface area contributed by atoms with E-state index >= 15 is 0 Å². The zero-order valence-electron chi connectivity index (χ0n) is 9.32. The smallest absolute Gasteiger partial charge is 0.211 e. The Morgan fingerprint density at radius 3 is 2.82 bits per heavy atom. The first-order chi connectivity index (χ1) is 8.33. The van der Waals surface area contributed by atoms with E-state index in [1.54, 1.807) is 6.26 Å². The molecule has 3 nitrogen and oxygen atoms in total. The van der Waals surface area contributed by atoms with Crippen LogP contribution in [0, 0.1) is 0 Å². The van der Waals surface area contributed by atoms with E-state index in [0.717, 1.165) is 35.1 Å². The second-order valence-corrected chi connectivity index (χ2v) is 4.66. The Bertz CT molecular complexity index is 500. The van der Waals surface area contributed by atoms with Crippen LogP contribution >= 0.6 is 11.6 Å². The maximum atomic E-state index is 5.85. The lowest BCUT2D eigenvalue weighted by molar-refractivity contribution is 0.429. The molecule has 88 valence electrons. The van der Waals surface area contributed by atoms with E-state index in [9.17, 15) is 0 Å². The monoisotopic (exact) mass is 248 g/mol. The van der Waals surface area contributed by atoms with Crippen molar-refractivity contribution in [3.63, 3.8) is 0 Å². The number of benzene rings is 1. The van der Waals surface area contributed by atoms with Crippen LogP contribution < -0.4 is 5.32 Å². The Balaban J connectivity index is 1.86. The van der Waals surface area contributed by atoms with E-state index in [1.807, 2.05) is 24.3 Å². The molecule has 0 radical (unpaired) electrons. The molecule has 2 heterocycles.